The molecule has 0 bridgehead atoms. The average Bonchev–Trinajstić information content (AvgIpc) is 2.86. The molecule has 0 radical (unpaired) electrons. The summed E-state index contributed by atoms with van der Waals surface area (Å²) in [6.07, 6.45) is 3.55. The Balaban J connectivity index is 1.96. The van der Waals surface area contributed by atoms with E-state index in [-0.39, 0.29) is 5.91 Å². The monoisotopic (exact) mass is 411 g/mol. The summed E-state index contributed by atoms with van der Waals surface area (Å²) in [5, 5.41) is 3.60. The molecular formula is C14H16Cl2INO. The standard InChI is InChI=1S/C14H16Cl2INO/c15-7-9-2-1-3-10(9)8-18-14(19)12-6-11(16)4-5-13(12)17/h4-6,9-10H,1-3,7-8H2,(H,18,19). The lowest BCUT2D eigenvalue weighted by atomic mass is 9.98. The summed E-state index contributed by atoms with van der Waals surface area (Å²) < 4.78 is 0.916. The number of hydrogen-bond donors (Lipinski definition) is 1. The van der Waals surface area contributed by atoms with Crippen LogP contribution in [0.4, 0.5) is 0 Å². The molecule has 1 aliphatic carbocycles. The Morgan fingerprint density at radius 3 is 2.84 bits per heavy atom. The third-order valence-corrected chi connectivity index (χ3v) is 5.28. The average molecular weight is 412 g/mol. The predicted octanol–water partition coefficient (Wildman–Crippen LogP) is 4.33. The van der Waals surface area contributed by atoms with E-state index in [1.165, 1.54) is 12.8 Å². The van der Waals surface area contributed by atoms with Gasteiger partial charge in [-0.2, -0.15) is 0 Å². The van der Waals surface area contributed by atoms with E-state index in [0.717, 1.165) is 9.99 Å². The van der Waals surface area contributed by atoms with Gasteiger partial charge < -0.3 is 5.32 Å². The van der Waals surface area contributed by atoms with Crippen molar-refractivity contribution in [3.05, 3.63) is 32.4 Å². The van der Waals surface area contributed by atoms with Gasteiger partial charge in [-0.25, -0.2) is 0 Å². The van der Waals surface area contributed by atoms with Crippen LogP contribution in [0.5, 0.6) is 0 Å². The summed E-state index contributed by atoms with van der Waals surface area (Å²) in [4.78, 5) is 12.2. The molecular weight excluding hydrogens is 396 g/mol. The number of carbonyl (C=O) groups is 1. The van der Waals surface area contributed by atoms with Crippen LogP contribution in [0.25, 0.3) is 0 Å². The largest absolute Gasteiger partial charge is 0.352 e. The highest BCUT2D eigenvalue weighted by Gasteiger charge is 2.26. The van der Waals surface area contributed by atoms with Gasteiger partial charge in [0.15, 0.2) is 0 Å². The first-order valence-corrected chi connectivity index (χ1v) is 8.40. The molecule has 2 rings (SSSR count). The minimum absolute atomic E-state index is 0.0490. The molecule has 104 valence electrons. The predicted molar refractivity (Wildman–Crippen MR) is 88.1 cm³/mol. The van der Waals surface area contributed by atoms with Crippen molar-refractivity contribution in [1.82, 2.24) is 5.32 Å². The maximum Gasteiger partial charge on any atom is 0.252 e. The maximum atomic E-state index is 12.2. The molecule has 1 aromatic rings. The number of amides is 1. The van der Waals surface area contributed by atoms with Crippen LogP contribution in [0.15, 0.2) is 18.2 Å². The lowest BCUT2D eigenvalue weighted by Crippen LogP contribution is -2.31. The molecule has 1 fully saturated rings. The van der Waals surface area contributed by atoms with Crippen molar-refractivity contribution < 1.29 is 4.79 Å². The third-order valence-electron chi connectivity index (χ3n) is 3.71. The quantitative estimate of drug-likeness (QED) is 0.579. The van der Waals surface area contributed by atoms with E-state index >= 15 is 0 Å². The highest BCUT2D eigenvalue weighted by Crippen LogP contribution is 2.32. The van der Waals surface area contributed by atoms with Crippen LogP contribution in [-0.2, 0) is 0 Å². The normalized spacial score (nSPS) is 22.5. The molecule has 1 saturated carbocycles. The molecule has 0 aromatic heterocycles. The first kappa shape index (κ1) is 15.4. The zero-order valence-electron chi connectivity index (χ0n) is 10.5. The first-order valence-electron chi connectivity index (χ1n) is 6.41. The molecule has 0 aliphatic heterocycles. The third kappa shape index (κ3) is 3.99. The van der Waals surface area contributed by atoms with E-state index in [0.29, 0.717) is 34.8 Å². The van der Waals surface area contributed by atoms with E-state index in [1.807, 2.05) is 6.07 Å². The van der Waals surface area contributed by atoms with Crippen molar-refractivity contribution in [2.24, 2.45) is 11.8 Å². The molecule has 1 aliphatic rings. The fourth-order valence-electron chi connectivity index (χ4n) is 2.58. The highest BCUT2D eigenvalue weighted by atomic mass is 127. The zero-order chi connectivity index (χ0) is 13.8. The van der Waals surface area contributed by atoms with Crippen LogP contribution in [0.2, 0.25) is 5.02 Å². The van der Waals surface area contributed by atoms with Crippen LogP contribution >= 0.6 is 45.8 Å². The zero-order valence-corrected chi connectivity index (χ0v) is 14.1. The van der Waals surface area contributed by atoms with Crippen molar-refractivity contribution in [1.29, 1.82) is 0 Å². The summed E-state index contributed by atoms with van der Waals surface area (Å²) in [7, 11) is 0. The Kier molecular flexibility index (Phi) is 5.78. The fraction of sp³-hybridized carbons (Fsp3) is 0.500. The van der Waals surface area contributed by atoms with E-state index in [9.17, 15) is 4.79 Å². The number of carbonyl (C=O) groups excluding carboxylic acids is 1. The second kappa shape index (κ2) is 7.14. The summed E-state index contributed by atoms with van der Waals surface area (Å²) in [6.45, 7) is 0.707. The minimum Gasteiger partial charge on any atom is -0.352 e. The van der Waals surface area contributed by atoms with Gasteiger partial charge in [-0.3, -0.25) is 4.79 Å². The molecule has 0 heterocycles. The SMILES string of the molecule is O=C(NCC1CCCC1CCl)c1cc(Cl)ccc1I. The molecule has 1 N–H and O–H groups in total. The van der Waals surface area contributed by atoms with Crippen LogP contribution < -0.4 is 5.32 Å². The lowest BCUT2D eigenvalue weighted by molar-refractivity contribution is 0.0944. The van der Waals surface area contributed by atoms with Gasteiger partial charge in [-0.1, -0.05) is 18.0 Å². The Morgan fingerprint density at radius 1 is 1.37 bits per heavy atom. The number of hydrogen-bond acceptors (Lipinski definition) is 1. The van der Waals surface area contributed by atoms with Gasteiger partial charge in [-0.15, -0.1) is 11.6 Å². The molecule has 2 unspecified atom stereocenters. The van der Waals surface area contributed by atoms with Gasteiger partial charge in [0.2, 0.25) is 0 Å². The molecule has 2 atom stereocenters. The van der Waals surface area contributed by atoms with Crippen molar-refractivity contribution in [3.8, 4) is 0 Å². The van der Waals surface area contributed by atoms with Crippen LogP contribution in [-0.4, -0.2) is 18.3 Å². The molecule has 2 nitrogen and oxygen atoms in total. The lowest BCUT2D eigenvalue weighted by Gasteiger charge is -2.18. The number of benzene rings is 1. The topological polar surface area (TPSA) is 29.1 Å². The molecule has 19 heavy (non-hydrogen) atoms. The van der Waals surface area contributed by atoms with Gasteiger partial charge in [0.25, 0.3) is 5.91 Å². The summed E-state index contributed by atoms with van der Waals surface area (Å²) in [6, 6.07) is 5.36. The van der Waals surface area contributed by atoms with Crippen LogP contribution in [0, 0.1) is 15.4 Å². The van der Waals surface area contributed by atoms with E-state index < -0.39 is 0 Å². The van der Waals surface area contributed by atoms with Crippen molar-refractivity contribution in [3.63, 3.8) is 0 Å². The molecule has 5 heteroatoms. The van der Waals surface area contributed by atoms with Gasteiger partial charge >= 0.3 is 0 Å². The second-order valence-electron chi connectivity index (χ2n) is 4.94. The van der Waals surface area contributed by atoms with Crippen LogP contribution in [0.3, 0.4) is 0 Å². The summed E-state index contributed by atoms with van der Waals surface area (Å²) in [5.41, 5.74) is 0.647. The number of halogens is 3. The first-order chi connectivity index (χ1) is 9.11. The Hall–Kier alpha value is -0.000000000000000111. The van der Waals surface area contributed by atoms with E-state index in [2.05, 4.69) is 27.9 Å². The Bertz CT molecular complexity index is 467. The van der Waals surface area contributed by atoms with E-state index in [1.54, 1.807) is 12.1 Å². The second-order valence-corrected chi connectivity index (χ2v) is 6.85. The molecule has 0 saturated heterocycles. The van der Waals surface area contributed by atoms with Crippen molar-refractivity contribution >= 4 is 51.7 Å². The van der Waals surface area contributed by atoms with Gasteiger partial charge in [0, 0.05) is 21.0 Å². The van der Waals surface area contributed by atoms with Crippen molar-refractivity contribution in [2.75, 3.05) is 12.4 Å². The molecule has 1 aromatic carbocycles. The van der Waals surface area contributed by atoms with Crippen LogP contribution in [0.1, 0.15) is 29.6 Å². The number of nitrogens with one attached hydrogen (secondary N) is 1. The Labute approximate surface area is 137 Å². The number of rotatable bonds is 4. The maximum absolute atomic E-state index is 12.2. The van der Waals surface area contributed by atoms with Gasteiger partial charge in [-0.05, 0) is 65.5 Å². The minimum atomic E-state index is -0.0490. The van der Waals surface area contributed by atoms with Gasteiger partial charge in [0.1, 0.15) is 0 Å². The smallest absolute Gasteiger partial charge is 0.252 e. The summed E-state index contributed by atoms with van der Waals surface area (Å²) >= 11 is 14.0. The van der Waals surface area contributed by atoms with E-state index in [4.69, 9.17) is 23.2 Å². The molecule has 0 spiro atoms. The summed E-state index contributed by atoms with van der Waals surface area (Å²) in [5.74, 6) is 1.70. The Morgan fingerprint density at radius 2 is 2.11 bits per heavy atom. The number of alkyl halides is 1. The van der Waals surface area contributed by atoms with Gasteiger partial charge in [0.05, 0.1) is 5.56 Å². The fourth-order valence-corrected chi connectivity index (χ4v) is 3.73. The molecule has 1 amide bonds. The van der Waals surface area contributed by atoms with Crippen molar-refractivity contribution in [2.45, 2.75) is 19.3 Å². The highest BCUT2D eigenvalue weighted by molar-refractivity contribution is 14.1.